The third-order valence-electron chi connectivity index (χ3n) is 2.87. The minimum Gasteiger partial charge on any atom is -0.472 e. The summed E-state index contributed by atoms with van der Waals surface area (Å²) in [5.74, 6) is -0.575. The highest BCUT2D eigenvalue weighted by atomic mass is 35.5. The van der Waals surface area contributed by atoms with Gasteiger partial charge in [0.25, 0.3) is 0 Å². The molecule has 0 aliphatic carbocycles. The van der Waals surface area contributed by atoms with Gasteiger partial charge in [-0.3, -0.25) is 0 Å². The summed E-state index contributed by atoms with van der Waals surface area (Å²) in [5.41, 5.74) is 0.943. The Morgan fingerprint density at radius 1 is 1.32 bits per heavy atom. The maximum atomic E-state index is 12.3. The average Bonchev–Trinajstić information content (AvgIpc) is 2.90. The van der Waals surface area contributed by atoms with Gasteiger partial charge in [0.1, 0.15) is 5.60 Å². The molecule has 1 aromatic carbocycles. The predicted molar refractivity (Wildman–Crippen MR) is 85.3 cm³/mol. The van der Waals surface area contributed by atoms with Crippen LogP contribution in [0.1, 0.15) is 36.7 Å². The van der Waals surface area contributed by atoms with Crippen LogP contribution in [-0.4, -0.2) is 16.7 Å². The van der Waals surface area contributed by atoms with Gasteiger partial charge in [-0.25, -0.2) is 4.79 Å². The van der Waals surface area contributed by atoms with Crippen LogP contribution in [0.3, 0.4) is 0 Å². The second-order valence-electron chi connectivity index (χ2n) is 5.76. The van der Waals surface area contributed by atoms with Crippen LogP contribution >= 0.6 is 23.2 Å². The fourth-order valence-corrected chi connectivity index (χ4v) is 2.65. The summed E-state index contributed by atoms with van der Waals surface area (Å²) < 4.78 is 10.4. The van der Waals surface area contributed by atoms with E-state index in [9.17, 15) is 9.90 Å². The number of halogens is 2. The molecule has 0 aliphatic heterocycles. The lowest BCUT2D eigenvalue weighted by Crippen LogP contribution is -2.24. The van der Waals surface area contributed by atoms with E-state index in [0.29, 0.717) is 16.7 Å². The zero-order valence-electron chi connectivity index (χ0n) is 12.4. The van der Waals surface area contributed by atoms with Crippen molar-refractivity contribution in [3.05, 3.63) is 45.8 Å². The summed E-state index contributed by atoms with van der Waals surface area (Å²) >= 11 is 12.6. The van der Waals surface area contributed by atoms with Gasteiger partial charge in [-0.05, 0) is 38.5 Å². The van der Waals surface area contributed by atoms with E-state index in [1.165, 1.54) is 18.6 Å². The quantitative estimate of drug-likeness (QED) is 0.821. The Hall–Kier alpha value is -1.49. The summed E-state index contributed by atoms with van der Waals surface area (Å²) in [6.45, 7) is 4.96. The molecule has 0 saturated carbocycles. The van der Waals surface area contributed by atoms with E-state index in [-0.39, 0.29) is 22.2 Å². The molecule has 6 heteroatoms. The molecule has 1 aromatic heterocycles. The van der Waals surface area contributed by atoms with Gasteiger partial charge >= 0.3 is 5.97 Å². The lowest BCUT2D eigenvalue weighted by Gasteiger charge is -2.21. The van der Waals surface area contributed by atoms with E-state index in [1.54, 1.807) is 26.8 Å². The van der Waals surface area contributed by atoms with Gasteiger partial charge in [-0.2, -0.15) is 0 Å². The standard InChI is InChI=1S/C16H16Cl2O4/c1-16(2,3)22-15(20)11-6-10(7-19)13(17)12(14(11)18)9-4-5-21-8-9/h4-6,8,19H,7H2,1-3H3. The first-order valence-electron chi connectivity index (χ1n) is 6.62. The topological polar surface area (TPSA) is 59.7 Å². The van der Waals surface area contributed by atoms with E-state index >= 15 is 0 Å². The Balaban J connectivity index is 2.61. The summed E-state index contributed by atoms with van der Waals surface area (Å²) in [6.07, 6.45) is 2.94. The number of hydrogen-bond acceptors (Lipinski definition) is 4. The van der Waals surface area contributed by atoms with Crippen molar-refractivity contribution in [2.75, 3.05) is 0 Å². The van der Waals surface area contributed by atoms with Crippen molar-refractivity contribution in [1.82, 2.24) is 0 Å². The molecule has 0 bridgehead atoms. The van der Waals surface area contributed by atoms with Crippen LogP contribution in [0.5, 0.6) is 0 Å². The van der Waals surface area contributed by atoms with E-state index in [4.69, 9.17) is 32.4 Å². The third kappa shape index (κ3) is 3.46. The first kappa shape index (κ1) is 16.9. The van der Waals surface area contributed by atoms with E-state index in [0.717, 1.165) is 0 Å². The van der Waals surface area contributed by atoms with Crippen molar-refractivity contribution < 1.29 is 19.1 Å². The Morgan fingerprint density at radius 2 is 2.00 bits per heavy atom. The van der Waals surface area contributed by atoms with Crippen molar-refractivity contribution in [2.45, 2.75) is 33.0 Å². The number of aliphatic hydroxyl groups is 1. The Labute approximate surface area is 138 Å². The molecule has 1 heterocycles. The van der Waals surface area contributed by atoms with Crippen molar-refractivity contribution >= 4 is 29.2 Å². The van der Waals surface area contributed by atoms with E-state index in [1.807, 2.05) is 0 Å². The number of carbonyl (C=O) groups is 1. The number of furan rings is 1. The first-order valence-corrected chi connectivity index (χ1v) is 7.38. The highest BCUT2D eigenvalue weighted by molar-refractivity contribution is 6.41. The number of benzene rings is 1. The van der Waals surface area contributed by atoms with Gasteiger partial charge in [0.2, 0.25) is 0 Å². The smallest absolute Gasteiger partial charge is 0.340 e. The third-order valence-corrected chi connectivity index (χ3v) is 3.70. The zero-order chi connectivity index (χ0) is 16.5. The second kappa shape index (κ2) is 6.32. The van der Waals surface area contributed by atoms with Crippen molar-refractivity contribution in [1.29, 1.82) is 0 Å². The van der Waals surface area contributed by atoms with E-state index in [2.05, 4.69) is 0 Å². The zero-order valence-corrected chi connectivity index (χ0v) is 14.0. The molecular weight excluding hydrogens is 327 g/mol. The van der Waals surface area contributed by atoms with Crippen molar-refractivity contribution in [2.24, 2.45) is 0 Å². The van der Waals surface area contributed by atoms with Crippen LogP contribution in [0.2, 0.25) is 10.0 Å². The highest BCUT2D eigenvalue weighted by Gasteiger charge is 2.25. The molecule has 118 valence electrons. The lowest BCUT2D eigenvalue weighted by molar-refractivity contribution is 0.00696. The van der Waals surface area contributed by atoms with Crippen LogP contribution < -0.4 is 0 Å². The van der Waals surface area contributed by atoms with Gasteiger partial charge in [-0.15, -0.1) is 0 Å². The number of hydrogen-bond donors (Lipinski definition) is 1. The second-order valence-corrected chi connectivity index (χ2v) is 6.51. The van der Waals surface area contributed by atoms with Crippen LogP contribution in [0.4, 0.5) is 0 Å². The summed E-state index contributed by atoms with van der Waals surface area (Å²) in [7, 11) is 0. The minimum absolute atomic E-state index is 0.154. The first-order chi connectivity index (χ1) is 10.2. The summed E-state index contributed by atoms with van der Waals surface area (Å²) in [5, 5.41) is 9.91. The monoisotopic (exact) mass is 342 g/mol. The van der Waals surface area contributed by atoms with Crippen molar-refractivity contribution in [3.63, 3.8) is 0 Å². The minimum atomic E-state index is -0.658. The summed E-state index contributed by atoms with van der Waals surface area (Å²) in [6, 6.07) is 3.12. The molecule has 0 amide bonds. The Morgan fingerprint density at radius 3 is 2.50 bits per heavy atom. The number of aliphatic hydroxyl groups excluding tert-OH is 1. The molecule has 0 aliphatic rings. The van der Waals surface area contributed by atoms with Gasteiger partial charge in [0.05, 0.1) is 34.7 Å². The highest BCUT2D eigenvalue weighted by Crippen LogP contribution is 2.40. The maximum Gasteiger partial charge on any atom is 0.340 e. The molecular formula is C16H16Cl2O4. The fourth-order valence-electron chi connectivity index (χ4n) is 1.95. The molecule has 4 nitrogen and oxygen atoms in total. The van der Waals surface area contributed by atoms with Crippen molar-refractivity contribution in [3.8, 4) is 11.1 Å². The van der Waals surface area contributed by atoms with Crippen LogP contribution in [0.25, 0.3) is 11.1 Å². The van der Waals surface area contributed by atoms with Gasteiger partial charge < -0.3 is 14.3 Å². The predicted octanol–water partition coefficient (Wildman–Crippen LogP) is 4.70. The number of carbonyl (C=O) groups excluding carboxylic acids is 1. The summed E-state index contributed by atoms with van der Waals surface area (Å²) in [4.78, 5) is 12.3. The molecule has 2 aromatic rings. The molecule has 0 unspecified atom stereocenters. The van der Waals surface area contributed by atoms with Crippen LogP contribution in [-0.2, 0) is 11.3 Å². The molecule has 0 fully saturated rings. The number of esters is 1. The Kier molecular flexibility index (Phi) is 4.85. The molecule has 0 radical (unpaired) electrons. The number of ether oxygens (including phenoxy) is 1. The van der Waals surface area contributed by atoms with Gasteiger partial charge in [-0.1, -0.05) is 23.2 Å². The molecule has 0 atom stereocenters. The molecule has 1 N–H and O–H groups in total. The molecule has 0 saturated heterocycles. The van der Waals surface area contributed by atoms with E-state index < -0.39 is 11.6 Å². The maximum absolute atomic E-state index is 12.3. The molecule has 2 rings (SSSR count). The largest absolute Gasteiger partial charge is 0.472 e. The molecule has 0 spiro atoms. The van der Waals surface area contributed by atoms with Gasteiger partial charge in [0, 0.05) is 11.1 Å². The fraction of sp³-hybridized carbons (Fsp3) is 0.312. The van der Waals surface area contributed by atoms with Crippen LogP contribution in [0, 0.1) is 0 Å². The SMILES string of the molecule is CC(C)(C)OC(=O)c1cc(CO)c(Cl)c(-c2ccoc2)c1Cl. The number of rotatable bonds is 3. The lowest BCUT2D eigenvalue weighted by atomic mass is 10.0. The average molecular weight is 343 g/mol. The van der Waals surface area contributed by atoms with Crippen LogP contribution in [0.15, 0.2) is 29.1 Å². The Bertz CT molecular complexity index is 685. The van der Waals surface area contributed by atoms with Gasteiger partial charge in [0.15, 0.2) is 0 Å². The molecule has 22 heavy (non-hydrogen) atoms. The normalized spacial score (nSPS) is 11.5.